The minimum absolute atomic E-state index is 0.150. The topological polar surface area (TPSA) is 41.1 Å². The summed E-state index contributed by atoms with van der Waals surface area (Å²) in [4.78, 5) is 11.9. The van der Waals surface area contributed by atoms with Gasteiger partial charge in [-0.1, -0.05) is 28.1 Å². The minimum atomic E-state index is 0.150. The van der Waals surface area contributed by atoms with Gasteiger partial charge >= 0.3 is 0 Å². The largest absolute Gasteiger partial charge is 0.353 e. The monoisotopic (exact) mass is 310 g/mol. The third-order valence-corrected chi connectivity index (χ3v) is 3.80. The molecule has 0 radical (unpaired) electrons. The van der Waals surface area contributed by atoms with E-state index in [2.05, 4.69) is 45.6 Å². The number of carbonyl (C=O) groups is 1. The molecule has 2 N–H and O–H groups in total. The van der Waals surface area contributed by atoms with Gasteiger partial charge in [0, 0.05) is 17.1 Å². The van der Waals surface area contributed by atoms with Gasteiger partial charge < -0.3 is 10.6 Å². The van der Waals surface area contributed by atoms with E-state index in [9.17, 15) is 4.79 Å². The van der Waals surface area contributed by atoms with E-state index < -0.39 is 0 Å². The highest BCUT2D eigenvalue weighted by Crippen LogP contribution is 2.12. The normalized spacial score (nSPS) is 20.7. The molecule has 1 heterocycles. The van der Waals surface area contributed by atoms with Crippen molar-refractivity contribution >= 4 is 21.8 Å². The van der Waals surface area contributed by atoms with E-state index >= 15 is 0 Å². The Kier molecular flexibility index (Phi) is 4.78. The molecule has 1 aromatic rings. The lowest BCUT2D eigenvalue weighted by Crippen LogP contribution is -2.39. The average Bonchev–Trinajstić information content (AvgIpc) is 2.85. The van der Waals surface area contributed by atoms with Gasteiger partial charge in [-0.3, -0.25) is 4.79 Å². The molecule has 1 aromatic carbocycles. The summed E-state index contributed by atoms with van der Waals surface area (Å²) in [6.45, 7) is 3.83. The van der Waals surface area contributed by atoms with Gasteiger partial charge in [0.25, 0.3) is 0 Å². The summed E-state index contributed by atoms with van der Waals surface area (Å²) < 4.78 is 1.08. The average molecular weight is 311 g/mol. The van der Waals surface area contributed by atoms with Crippen molar-refractivity contribution < 1.29 is 4.79 Å². The standard InChI is InChI=1S/C14H19BrN2O/c1-10(8-11-2-4-13(15)5-3-11)17-14(18)12-6-7-16-9-12/h2-5,10,12,16H,6-9H2,1H3,(H,17,18). The van der Waals surface area contributed by atoms with Gasteiger partial charge in [-0.15, -0.1) is 0 Å². The summed E-state index contributed by atoms with van der Waals surface area (Å²) >= 11 is 3.42. The minimum Gasteiger partial charge on any atom is -0.353 e. The van der Waals surface area contributed by atoms with Crippen molar-refractivity contribution in [2.75, 3.05) is 13.1 Å². The van der Waals surface area contributed by atoms with E-state index in [-0.39, 0.29) is 17.9 Å². The highest BCUT2D eigenvalue weighted by Gasteiger charge is 2.23. The highest BCUT2D eigenvalue weighted by molar-refractivity contribution is 9.10. The van der Waals surface area contributed by atoms with Gasteiger partial charge in [-0.25, -0.2) is 0 Å². The van der Waals surface area contributed by atoms with E-state index in [1.807, 2.05) is 12.1 Å². The van der Waals surface area contributed by atoms with Gasteiger partial charge in [-0.05, 0) is 44.0 Å². The number of amides is 1. The second-order valence-electron chi connectivity index (χ2n) is 4.93. The molecule has 98 valence electrons. The maximum atomic E-state index is 11.9. The third kappa shape index (κ3) is 3.82. The zero-order chi connectivity index (χ0) is 13.0. The number of halogens is 1. The van der Waals surface area contributed by atoms with Crippen LogP contribution < -0.4 is 10.6 Å². The Morgan fingerprint density at radius 3 is 2.83 bits per heavy atom. The van der Waals surface area contributed by atoms with Crippen molar-refractivity contribution in [1.82, 2.24) is 10.6 Å². The lowest BCUT2D eigenvalue weighted by Gasteiger charge is -2.16. The lowest BCUT2D eigenvalue weighted by atomic mass is 10.0. The molecule has 1 amide bonds. The molecule has 3 nitrogen and oxygen atoms in total. The van der Waals surface area contributed by atoms with E-state index in [1.165, 1.54) is 5.56 Å². The quantitative estimate of drug-likeness (QED) is 0.894. The Bertz CT molecular complexity index is 399. The second kappa shape index (κ2) is 6.34. The van der Waals surface area contributed by atoms with Crippen LogP contribution in [0.5, 0.6) is 0 Å². The van der Waals surface area contributed by atoms with Crippen molar-refractivity contribution in [2.24, 2.45) is 5.92 Å². The van der Waals surface area contributed by atoms with Crippen LogP contribution in [-0.2, 0) is 11.2 Å². The lowest BCUT2D eigenvalue weighted by molar-refractivity contribution is -0.125. The molecule has 2 rings (SSSR count). The summed E-state index contributed by atoms with van der Waals surface area (Å²) in [7, 11) is 0. The molecule has 1 fully saturated rings. The van der Waals surface area contributed by atoms with E-state index in [1.54, 1.807) is 0 Å². The summed E-state index contributed by atoms with van der Waals surface area (Å²) in [5.41, 5.74) is 1.25. The predicted octanol–water partition coefficient (Wildman–Crippen LogP) is 2.11. The molecule has 0 bridgehead atoms. The van der Waals surface area contributed by atoms with Gasteiger partial charge in [0.05, 0.1) is 5.92 Å². The first-order chi connectivity index (χ1) is 8.65. The smallest absolute Gasteiger partial charge is 0.224 e. The Morgan fingerprint density at radius 1 is 1.50 bits per heavy atom. The third-order valence-electron chi connectivity index (χ3n) is 3.27. The molecule has 0 spiro atoms. The van der Waals surface area contributed by atoms with Crippen molar-refractivity contribution in [1.29, 1.82) is 0 Å². The Morgan fingerprint density at radius 2 is 2.22 bits per heavy atom. The van der Waals surface area contributed by atoms with Gasteiger partial charge in [0.1, 0.15) is 0 Å². The molecule has 1 aliphatic rings. The van der Waals surface area contributed by atoms with E-state index in [0.29, 0.717) is 0 Å². The first-order valence-electron chi connectivity index (χ1n) is 6.40. The number of carbonyl (C=O) groups excluding carboxylic acids is 1. The molecular formula is C14H19BrN2O. The summed E-state index contributed by atoms with van der Waals surface area (Å²) in [6.07, 6.45) is 1.83. The highest BCUT2D eigenvalue weighted by atomic mass is 79.9. The molecule has 0 aromatic heterocycles. The van der Waals surface area contributed by atoms with Crippen LogP contribution in [0.3, 0.4) is 0 Å². The Hall–Kier alpha value is -0.870. The van der Waals surface area contributed by atoms with Crippen LogP contribution in [0.15, 0.2) is 28.7 Å². The fraction of sp³-hybridized carbons (Fsp3) is 0.500. The number of nitrogens with one attached hydrogen (secondary N) is 2. The van der Waals surface area contributed by atoms with E-state index in [0.717, 1.165) is 30.4 Å². The van der Waals surface area contributed by atoms with Gasteiger partial charge in [-0.2, -0.15) is 0 Å². The molecule has 1 saturated heterocycles. The maximum Gasteiger partial charge on any atom is 0.224 e. The molecular weight excluding hydrogens is 292 g/mol. The first-order valence-corrected chi connectivity index (χ1v) is 7.20. The maximum absolute atomic E-state index is 11.9. The van der Waals surface area contributed by atoms with Gasteiger partial charge in [0.2, 0.25) is 5.91 Å². The Balaban J connectivity index is 1.82. The van der Waals surface area contributed by atoms with Crippen molar-refractivity contribution in [3.05, 3.63) is 34.3 Å². The molecule has 0 saturated carbocycles. The van der Waals surface area contributed by atoms with Crippen LogP contribution in [0.1, 0.15) is 18.9 Å². The molecule has 2 unspecified atom stereocenters. The molecule has 18 heavy (non-hydrogen) atoms. The fourth-order valence-corrected chi connectivity index (χ4v) is 2.53. The predicted molar refractivity (Wildman–Crippen MR) is 76.4 cm³/mol. The van der Waals surface area contributed by atoms with Crippen LogP contribution >= 0.6 is 15.9 Å². The van der Waals surface area contributed by atoms with Crippen LogP contribution in [-0.4, -0.2) is 25.0 Å². The van der Waals surface area contributed by atoms with Crippen LogP contribution in [0, 0.1) is 5.92 Å². The second-order valence-corrected chi connectivity index (χ2v) is 5.85. The summed E-state index contributed by atoms with van der Waals surface area (Å²) in [5, 5.41) is 6.31. The molecule has 4 heteroatoms. The molecule has 1 aliphatic heterocycles. The SMILES string of the molecule is CC(Cc1ccc(Br)cc1)NC(=O)C1CCNC1. The van der Waals surface area contributed by atoms with Crippen molar-refractivity contribution in [2.45, 2.75) is 25.8 Å². The zero-order valence-corrected chi connectivity index (χ0v) is 12.2. The molecule has 0 aliphatic carbocycles. The number of hydrogen-bond donors (Lipinski definition) is 2. The van der Waals surface area contributed by atoms with E-state index in [4.69, 9.17) is 0 Å². The Labute approximate surface area is 116 Å². The number of hydrogen-bond acceptors (Lipinski definition) is 2. The summed E-state index contributed by atoms with van der Waals surface area (Å²) in [6, 6.07) is 8.42. The first kappa shape index (κ1) is 13.6. The fourth-order valence-electron chi connectivity index (χ4n) is 2.26. The van der Waals surface area contributed by atoms with Crippen LogP contribution in [0.25, 0.3) is 0 Å². The van der Waals surface area contributed by atoms with Crippen LogP contribution in [0.2, 0.25) is 0 Å². The van der Waals surface area contributed by atoms with Crippen LogP contribution in [0.4, 0.5) is 0 Å². The summed E-state index contributed by atoms with van der Waals surface area (Å²) in [5.74, 6) is 0.335. The van der Waals surface area contributed by atoms with Crippen molar-refractivity contribution in [3.63, 3.8) is 0 Å². The van der Waals surface area contributed by atoms with Crippen molar-refractivity contribution in [3.8, 4) is 0 Å². The van der Waals surface area contributed by atoms with Gasteiger partial charge in [0.15, 0.2) is 0 Å². The zero-order valence-electron chi connectivity index (χ0n) is 10.6. The molecule has 2 atom stereocenters. The number of rotatable bonds is 4. The number of benzene rings is 1.